The highest BCUT2D eigenvalue weighted by molar-refractivity contribution is 8.00. The SMILES string of the molecule is CCC(CCC(=O)OC)COS(C)(=O)=O.CCC(CCC(=O)OC)CSCC(=O)OC.COC(=O)CS.COC(=O)CSCCC(N)CSCC(=O)OC.O=C(O)CCC1CSCC(=O)N1. The van der Waals surface area contributed by atoms with Gasteiger partial charge in [-0.15, -0.1) is 35.3 Å². The largest absolute Gasteiger partial charge is 0.481 e. The van der Waals surface area contributed by atoms with Gasteiger partial charge in [0.15, 0.2) is 0 Å². The maximum Gasteiger partial charge on any atom is 0.315 e. The van der Waals surface area contributed by atoms with E-state index in [1.807, 2.05) is 6.92 Å². The summed E-state index contributed by atoms with van der Waals surface area (Å²) in [4.78, 5) is 85.2. The van der Waals surface area contributed by atoms with Crippen LogP contribution in [0.25, 0.3) is 0 Å². The number of thiol groups is 1. The van der Waals surface area contributed by atoms with Gasteiger partial charge in [-0.25, -0.2) is 0 Å². The molecule has 0 radical (unpaired) electrons. The fourth-order valence-corrected chi connectivity index (χ4v) is 8.65. The molecule has 0 spiro atoms. The molecule has 0 saturated carbocycles. The number of aliphatic carboxylic acids is 1. The first-order valence-corrected chi connectivity index (χ1v) is 27.6. The zero-order chi connectivity index (χ0) is 51.3. The van der Waals surface area contributed by atoms with Gasteiger partial charge in [0.1, 0.15) is 0 Å². The van der Waals surface area contributed by atoms with Crippen LogP contribution in [0.1, 0.15) is 71.6 Å². The van der Waals surface area contributed by atoms with Crippen molar-refractivity contribution in [3.05, 3.63) is 0 Å². The molecule has 0 aromatic heterocycles. The molecule has 0 aromatic carbocycles. The first-order chi connectivity index (χ1) is 31.1. The van der Waals surface area contributed by atoms with Crippen LogP contribution in [0.15, 0.2) is 0 Å². The van der Waals surface area contributed by atoms with Gasteiger partial charge in [0.05, 0.1) is 84.3 Å². The van der Waals surface area contributed by atoms with Crippen molar-refractivity contribution in [2.24, 2.45) is 17.6 Å². The Morgan fingerprint density at radius 2 is 1.18 bits per heavy atom. The van der Waals surface area contributed by atoms with Gasteiger partial charge >= 0.3 is 41.8 Å². The van der Waals surface area contributed by atoms with Gasteiger partial charge in [0.2, 0.25) is 5.91 Å². The Bertz CT molecular complexity index is 1460. The lowest BCUT2D eigenvalue weighted by Crippen LogP contribution is -2.42. The third-order valence-corrected chi connectivity index (χ3v) is 13.4. The molecule has 66 heavy (non-hydrogen) atoms. The van der Waals surface area contributed by atoms with Crippen LogP contribution in [0.3, 0.4) is 0 Å². The number of amides is 1. The van der Waals surface area contributed by atoms with Crippen LogP contribution in [0, 0.1) is 11.8 Å². The van der Waals surface area contributed by atoms with Crippen LogP contribution < -0.4 is 11.1 Å². The van der Waals surface area contributed by atoms with E-state index >= 15 is 0 Å². The summed E-state index contributed by atoms with van der Waals surface area (Å²) in [7, 11) is 4.80. The Labute approximate surface area is 413 Å². The van der Waals surface area contributed by atoms with Crippen molar-refractivity contribution >= 4 is 117 Å². The van der Waals surface area contributed by atoms with Crippen molar-refractivity contribution in [1.29, 1.82) is 0 Å². The summed E-state index contributed by atoms with van der Waals surface area (Å²) < 4.78 is 53.0. The summed E-state index contributed by atoms with van der Waals surface area (Å²) in [5.74, 6) is 3.31. The smallest absolute Gasteiger partial charge is 0.315 e. The number of nitrogens with two attached hydrogens (primary N) is 1. The number of carbonyl (C=O) groups excluding carboxylic acids is 7. The maximum absolute atomic E-state index is 11.0. The number of methoxy groups -OCH3 is 6. The van der Waals surface area contributed by atoms with Gasteiger partial charge in [-0.2, -0.15) is 32.8 Å². The van der Waals surface area contributed by atoms with Crippen LogP contribution in [0.2, 0.25) is 0 Å². The molecule has 4 unspecified atom stereocenters. The van der Waals surface area contributed by atoms with Gasteiger partial charge in [-0.05, 0) is 49.0 Å². The van der Waals surface area contributed by atoms with Crippen molar-refractivity contribution in [2.75, 3.05) is 107 Å². The van der Waals surface area contributed by atoms with E-state index in [-0.39, 0.29) is 78.5 Å². The molecule has 388 valence electrons. The minimum Gasteiger partial charge on any atom is -0.481 e. The lowest BCUT2D eigenvalue weighted by atomic mass is 10.0. The number of hydrogen-bond acceptors (Lipinski definition) is 23. The van der Waals surface area contributed by atoms with Crippen molar-refractivity contribution in [1.82, 2.24) is 5.32 Å². The van der Waals surface area contributed by atoms with Crippen molar-refractivity contribution < 1.29 is 84.5 Å². The van der Waals surface area contributed by atoms with E-state index in [9.17, 15) is 46.8 Å². The molecule has 4 N–H and O–H groups in total. The average Bonchev–Trinajstić information content (AvgIpc) is 3.30. The number of hydrogen-bond donors (Lipinski definition) is 4. The molecule has 1 aliphatic rings. The number of rotatable bonds is 28. The Balaban J connectivity index is -0.000000374. The van der Waals surface area contributed by atoms with Crippen LogP contribution in [0.4, 0.5) is 0 Å². The number of ether oxygens (including phenoxy) is 6. The minimum absolute atomic E-state index is 0.0154. The first-order valence-electron chi connectivity index (χ1n) is 20.6. The van der Waals surface area contributed by atoms with Crippen LogP contribution in [-0.2, 0) is 81.1 Å². The molecule has 1 fully saturated rings. The Hall–Kier alpha value is -2.62. The molecule has 1 amide bonds. The van der Waals surface area contributed by atoms with Crippen LogP contribution >= 0.6 is 59.7 Å². The molecule has 1 rings (SSSR count). The van der Waals surface area contributed by atoms with Gasteiger partial charge in [-0.1, -0.05) is 26.7 Å². The zero-order valence-corrected chi connectivity index (χ0v) is 44.7. The quantitative estimate of drug-likeness (QED) is 0.0287. The second-order valence-corrected chi connectivity index (χ2v) is 19.7. The normalized spacial score (nSPS) is 14.0. The number of nitrogens with one attached hydrogen (secondary N) is 1. The van der Waals surface area contributed by atoms with E-state index in [0.29, 0.717) is 60.4 Å². The number of esters is 6. The lowest BCUT2D eigenvalue weighted by Gasteiger charge is -2.21. The molecular formula is C40H74N2O18S6. The van der Waals surface area contributed by atoms with E-state index in [4.69, 9.17) is 10.8 Å². The van der Waals surface area contributed by atoms with Gasteiger partial charge in [0, 0.05) is 42.9 Å². The lowest BCUT2D eigenvalue weighted by molar-refractivity contribution is -0.141. The summed E-state index contributed by atoms with van der Waals surface area (Å²) >= 11 is 9.70. The predicted octanol–water partition coefficient (Wildman–Crippen LogP) is 3.50. The van der Waals surface area contributed by atoms with Gasteiger partial charge in [-0.3, -0.25) is 42.5 Å². The predicted molar refractivity (Wildman–Crippen MR) is 263 cm³/mol. The molecule has 4 atom stereocenters. The molecule has 1 saturated heterocycles. The van der Waals surface area contributed by atoms with E-state index in [1.54, 1.807) is 23.5 Å². The molecular weight excluding hydrogens is 989 g/mol. The van der Waals surface area contributed by atoms with E-state index in [2.05, 4.69) is 57.5 Å². The highest BCUT2D eigenvalue weighted by atomic mass is 32.2. The molecule has 20 nitrogen and oxygen atoms in total. The topological polar surface area (TPSA) is 294 Å². The van der Waals surface area contributed by atoms with Gasteiger partial charge in [0.25, 0.3) is 10.1 Å². The van der Waals surface area contributed by atoms with E-state index in [1.165, 1.54) is 66.2 Å². The molecule has 1 aliphatic heterocycles. The van der Waals surface area contributed by atoms with Crippen molar-refractivity contribution in [3.8, 4) is 0 Å². The Morgan fingerprint density at radius 1 is 0.727 bits per heavy atom. The summed E-state index contributed by atoms with van der Waals surface area (Å²) in [5.41, 5.74) is 5.85. The highest BCUT2D eigenvalue weighted by Gasteiger charge is 2.19. The molecule has 0 bridgehead atoms. The van der Waals surface area contributed by atoms with Crippen LogP contribution in [0.5, 0.6) is 0 Å². The number of thioether (sulfide) groups is 4. The fraction of sp³-hybridized carbons (Fsp3) is 0.800. The summed E-state index contributed by atoms with van der Waals surface area (Å²) in [6.07, 6.45) is 6.42. The Morgan fingerprint density at radius 3 is 1.58 bits per heavy atom. The number of carboxylic acid groups (broad SMARTS) is 1. The maximum atomic E-state index is 11.0. The standard InChI is InChI=1S/C11H20O4S.C10H19NO4S2.C9H18O5S.C7H11NO3S.C3H6O2S/c1-4-9(5-6-10(12)14-2)7-16-8-11(13)15-3;1-14-9(12)6-16-4-3-8(11)5-17-7-10(13)15-2;1-4-8(5-6-9(10)13-2)7-14-15(3,11)12;9-6-4-12-3-5(8-6)1-2-7(10)11;1-5-3(4)2-6/h9H,4-8H2,1-3H3;8H,3-7,11H2,1-2H3;8H,4-7H2,1-3H3;5H,1-4H2,(H,8,9)(H,10,11);6H,2H2,1H3. The second kappa shape index (κ2) is 47.4. The highest BCUT2D eigenvalue weighted by Crippen LogP contribution is 2.18. The summed E-state index contributed by atoms with van der Waals surface area (Å²) in [6, 6.07) is 0.0853. The number of carbonyl (C=O) groups is 8. The third kappa shape index (κ3) is 52.4. The van der Waals surface area contributed by atoms with E-state index in [0.717, 1.165) is 49.2 Å². The van der Waals surface area contributed by atoms with E-state index < -0.39 is 16.1 Å². The second-order valence-electron chi connectivity index (χ2n) is 13.6. The van der Waals surface area contributed by atoms with Crippen molar-refractivity contribution in [3.63, 3.8) is 0 Å². The Kier molecular flexibility index (Phi) is 50.3. The fourth-order valence-electron chi connectivity index (χ4n) is 4.25. The third-order valence-electron chi connectivity index (χ3n) is 8.28. The molecule has 26 heteroatoms. The molecule has 1 heterocycles. The summed E-state index contributed by atoms with van der Waals surface area (Å²) in [5, 5.41) is 11.1. The van der Waals surface area contributed by atoms with Gasteiger partial charge < -0.3 is 44.6 Å². The van der Waals surface area contributed by atoms with Crippen molar-refractivity contribution in [2.45, 2.75) is 83.7 Å². The molecule has 0 aromatic rings. The first kappa shape index (κ1) is 69.9. The zero-order valence-electron chi connectivity index (χ0n) is 39.7. The average molecular weight is 1060 g/mol. The monoisotopic (exact) mass is 1060 g/mol. The number of carboxylic acids is 1. The summed E-state index contributed by atoms with van der Waals surface area (Å²) in [6.45, 7) is 4.14. The minimum atomic E-state index is -3.39. The van der Waals surface area contributed by atoms with Crippen LogP contribution in [-0.4, -0.2) is 181 Å². The molecule has 0 aliphatic carbocycles.